The summed E-state index contributed by atoms with van der Waals surface area (Å²) in [6.45, 7) is 7.21. The first-order valence-electron chi connectivity index (χ1n) is 22.7. The summed E-state index contributed by atoms with van der Waals surface area (Å²) in [5.74, 6) is -1.20. The molecule has 8 heterocycles. The molecule has 10 rings (SSSR count). The standard InChI is InChI=1S/2C21H25FN10O3/c1-14(33)23-9-18-12-31(21(34)35-18)17-2-3-20(19(22)8-17)29-6-4-16(5-7-29)32-11-15(25-27-32)10-30-13-24-26-28-30;1-14(33)23-9-18-12-30(21(34)35-18)17-2-3-20(19(22)8-17)29-6-4-16(5-7-29)31-10-15(26-28-31)11-32-25-13-24-27-32/h2-3,8,11,13,16,18H,4-7,9-10,12H2,1H3,(H,23,33);2-3,8,10,13,16,18H,4-7,9,11-12H2,1H3,(H,23,33)/t2*18-/m00/s1. The van der Waals surface area contributed by atoms with Crippen molar-refractivity contribution in [2.24, 2.45) is 0 Å². The predicted molar refractivity (Wildman–Crippen MR) is 240 cm³/mol. The Hall–Kier alpha value is -8.20. The zero-order chi connectivity index (χ0) is 48.7. The molecule has 6 aromatic rings. The number of amides is 4. The van der Waals surface area contributed by atoms with Crippen molar-refractivity contribution in [1.82, 2.24) is 81.0 Å². The third kappa shape index (κ3) is 11.2. The Kier molecular flexibility index (Phi) is 14.1. The maximum Gasteiger partial charge on any atom is 0.414 e. The van der Waals surface area contributed by atoms with Gasteiger partial charge in [0.2, 0.25) is 11.8 Å². The molecule has 28 heteroatoms. The zero-order valence-corrected chi connectivity index (χ0v) is 38.2. The van der Waals surface area contributed by atoms with E-state index in [1.807, 2.05) is 31.6 Å². The number of aromatic nitrogens is 14. The molecular weight excluding hydrogens is 919 g/mol. The Balaban J connectivity index is 0.000000174. The van der Waals surface area contributed by atoms with Crippen LogP contribution < -0.4 is 30.2 Å². The van der Waals surface area contributed by atoms with Crippen molar-refractivity contribution in [3.63, 3.8) is 0 Å². The summed E-state index contributed by atoms with van der Waals surface area (Å²) in [7, 11) is 0. The van der Waals surface area contributed by atoms with Crippen molar-refractivity contribution >= 4 is 46.8 Å². The number of hydrogen-bond acceptors (Lipinski definition) is 18. The SMILES string of the molecule is CC(=O)NC[C@H]1CN(c2ccc(N3CCC(n4cc(Cn5cnnn5)nn4)CC3)c(F)c2)C(=O)O1.CC(=O)NC[C@H]1CN(c2ccc(N3CCC(n4cc(Cn5ncnn5)nn4)CC3)c(F)c2)C(=O)O1. The molecule has 0 radical (unpaired) electrons. The topological polar surface area (TPSA) is 272 Å². The van der Waals surface area contributed by atoms with Crippen LogP contribution in [0.25, 0.3) is 0 Å². The van der Waals surface area contributed by atoms with E-state index in [2.05, 4.69) is 62.2 Å². The minimum absolute atomic E-state index is 0.165. The summed E-state index contributed by atoms with van der Waals surface area (Å²) >= 11 is 0. The summed E-state index contributed by atoms with van der Waals surface area (Å²) in [6, 6.07) is 9.86. The first kappa shape index (κ1) is 46.9. The molecule has 2 atom stereocenters. The van der Waals surface area contributed by atoms with Crippen molar-refractivity contribution in [1.29, 1.82) is 0 Å². The van der Waals surface area contributed by atoms with Crippen LogP contribution in [-0.2, 0) is 32.2 Å². The highest BCUT2D eigenvalue weighted by molar-refractivity contribution is 5.91. The van der Waals surface area contributed by atoms with Crippen LogP contribution >= 0.6 is 0 Å². The van der Waals surface area contributed by atoms with Crippen molar-refractivity contribution in [2.45, 2.75) is 76.9 Å². The van der Waals surface area contributed by atoms with E-state index in [1.165, 1.54) is 53.2 Å². The third-order valence-corrected chi connectivity index (χ3v) is 12.3. The number of benzene rings is 2. The average molecular weight is 969 g/mol. The number of halogens is 2. The average Bonchev–Trinajstić information content (AvgIpc) is 4.23. The van der Waals surface area contributed by atoms with Gasteiger partial charge in [0, 0.05) is 40.0 Å². The molecule has 26 nitrogen and oxygen atoms in total. The lowest BCUT2D eigenvalue weighted by Gasteiger charge is -2.33. The van der Waals surface area contributed by atoms with Gasteiger partial charge in [-0.1, -0.05) is 10.4 Å². The number of ether oxygens (including phenoxy) is 2. The summed E-state index contributed by atoms with van der Waals surface area (Å²) in [4.78, 5) is 54.8. The van der Waals surface area contributed by atoms with Gasteiger partial charge in [-0.2, -0.15) is 4.80 Å². The van der Waals surface area contributed by atoms with Crippen LogP contribution in [0.3, 0.4) is 0 Å². The Morgan fingerprint density at radius 2 is 1.17 bits per heavy atom. The van der Waals surface area contributed by atoms with Gasteiger partial charge in [-0.15, -0.1) is 25.5 Å². The highest BCUT2D eigenvalue weighted by atomic mass is 19.1. The molecule has 4 aliphatic rings. The van der Waals surface area contributed by atoms with E-state index in [1.54, 1.807) is 28.9 Å². The third-order valence-electron chi connectivity index (χ3n) is 12.3. The number of nitrogens with one attached hydrogen (secondary N) is 2. The van der Waals surface area contributed by atoms with E-state index in [0.717, 1.165) is 37.1 Å². The van der Waals surface area contributed by atoms with Crippen molar-refractivity contribution in [3.05, 3.63) is 84.5 Å². The Bertz CT molecular complexity index is 2570. The number of piperidine rings is 2. The number of nitrogens with zero attached hydrogens (tertiary/aromatic N) is 18. The fraction of sp³-hybridized carbons (Fsp3) is 0.476. The monoisotopic (exact) mass is 968 g/mol. The van der Waals surface area contributed by atoms with Crippen molar-refractivity contribution < 1.29 is 37.4 Å². The van der Waals surface area contributed by atoms with Crippen LogP contribution in [0.1, 0.15) is 63.0 Å². The van der Waals surface area contributed by atoms with Crippen LogP contribution in [0, 0.1) is 11.6 Å². The van der Waals surface area contributed by atoms with Gasteiger partial charge in [0.05, 0.1) is 80.0 Å². The van der Waals surface area contributed by atoms with Gasteiger partial charge in [0.15, 0.2) is 6.33 Å². The van der Waals surface area contributed by atoms with Crippen LogP contribution in [0.15, 0.2) is 61.4 Å². The zero-order valence-electron chi connectivity index (χ0n) is 38.2. The smallest absolute Gasteiger partial charge is 0.414 e. The molecule has 4 fully saturated rings. The van der Waals surface area contributed by atoms with E-state index in [0.29, 0.717) is 62.0 Å². The first-order chi connectivity index (χ1) is 33.9. The highest BCUT2D eigenvalue weighted by Crippen LogP contribution is 2.33. The second-order valence-corrected chi connectivity index (χ2v) is 17.2. The van der Waals surface area contributed by atoms with Crippen LogP contribution in [-0.4, -0.2) is 159 Å². The van der Waals surface area contributed by atoms with Crippen LogP contribution in [0.5, 0.6) is 0 Å². The lowest BCUT2D eigenvalue weighted by atomic mass is 10.0. The van der Waals surface area contributed by atoms with Gasteiger partial charge in [-0.3, -0.25) is 19.4 Å². The molecule has 0 saturated carbocycles. The number of carbonyl (C=O) groups excluding carboxylic acids is 4. The quantitative estimate of drug-likeness (QED) is 0.157. The second-order valence-electron chi connectivity index (χ2n) is 17.2. The van der Waals surface area contributed by atoms with E-state index in [9.17, 15) is 19.2 Å². The number of tetrazole rings is 2. The summed E-state index contributed by atoms with van der Waals surface area (Å²) in [6.07, 6.45) is 7.76. The molecule has 0 unspecified atom stereocenters. The normalized spacial score (nSPS) is 18.7. The van der Waals surface area contributed by atoms with E-state index in [-0.39, 0.29) is 50.1 Å². The number of hydrogen-bond donors (Lipinski definition) is 2. The second kappa shape index (κ2) is 21.0. The van der Waals surface area contributed by atoms with Gasteiger partial charge < -0.3 is 29.9 Å². The molecule has 368 valence electrons. The Labute approximate surface area is 397 Å². The van der Waals surface area contributed by atoms with E-state index < -0.39 is 36.0 Å². The van der Waals surface area contributed by atoms with Crippen LogP contribution in [0.4, 0.5) is 41.1 Å². The molecule has 4 saturated heterocycles. The number of anilines is 4. The van der Waals surface area contributed by atoms with Gasteiger partial charge >= 0.3 is 12.2 Å². The molecule has 2 aromatic carbocycles. The maximum absolute atomic E-state index is 15.0. The summed E-state index contributed by atoms with van der Waals surface area (Å²) in [5.41, 5.74) is 3.34. The lowest BCUT2D eigenvalue weighted by molar-refractivity contribution is -0.120. The fourth-order valence-electron chi connectivity index (χ4n) is 8.73. The van der Waals surface area contributed by atoms with Gasteiger partial charge in [-0.25, -0.2) is 32.4 Å². The Morgan fingerprint density at radius 3 is 1.60 bits per heavy atom. The van der Waals surface area contributed by atoms with Gasteiger partial charge in [0.1, 0.15) is 48.1 Å². The molecule has 4 aliphatic heterocycles. The number of rotatable bonds is 14. The van der Waals surface area contributed by atoms with Crippen molar-refractivity contribution in [3.8, 4) is 0 Å². The number of carbonyl (C=O) groups is 4. The molecule has 70 heavy (non-hydrogen) atoms. The van der Waals surface area contributed by atoms with E-state index in [4.69, 9.17) is 9.47 Å². The molecule has 0 spiro atoms. The lowest BCUT2D eigenvalue weighted by Crippen LogP contribution is -2.35. The van der Waals surface area contributed by atoms with Gasteiger partial charge in [0.25, 0.3) is 0 Å². The van der Waals surface area contributed by atoms with E-state index >= 15 is 8.78 Å². The molecular formula is C42H50F2N20O6. The molecule has 4 amide bonds. The minimum Gasteiger partial charge on any atom is -0.442 e. The summed E-state index contributed by atoms with van der Waals surface area (Å²) < 4.78 is 45.9. The van der Waals surface area contributed by atoms with Crippen LogP contribution in [0.2, 0.25) is 0 Å². The minimum atomic E-state index is -0.555. The van der Waals surface area contributed by atoms with Crippen molar-refractivity contribution in [2.75, 3.05) is 72.0 Å². The molecule has 4 aromatic heterocycles. The summed E-state index contributed by atoms with van der Waals surface area (Å²) in [5, 5.41) is 44.7. The molecule has 0 bridgehead atoms. The van der Waals surface area contributed by atoms with Gasteiger partial charge in [-0.05, 0) is 77.7 Å². The molecule has 2 N–H and O–H groups in total. The molecule has 0 aliphatic carbocycles. The first-order valence-corrected chi connectivity index (χ1v) is 22.7. The fourth-order valence-corrected chi connectivity index (χ4v) is 8.73. The predicted octanol–water partition coefficient (Wildman–Crippen LogP) is 1.51. The Morgan fingerprint density at radius 1 is 0.671 bits per heavy atom. The highest BCUT2D eigenvalue weighted by Gasteiger charge is 2.35. The number of cyclic esters (lactones) is 2. The maximum atomic E-state index is 15.0. The largest absolute Gasteiger partial charge is 0.442 e.